The van der Waals surface area contributed by atoms with Crippen LogP contribution >= 0.6 is 0 Å². The number of rotatable bonds is 70. The van der Waals surface area contributed by atoms with E-state index >= 15 is 0 Å². The van der Waals surface area contributed by atoms with E-state index < -0.39 is 12.1 Å². The average Bonchev–Trinajstić information content (AvgIpc) is 3.46. The van der Waals surface area contributed by atoms with E-state index in [4.69, 9.17) is 4.74 Å². The minimum Gasteiger partial charge on any atom is -0.466 e. The van der Waals surface area contributed by atoms with Crippen molar-refractivity contribution in [2.75, 3.05) is 13.2 Å². The van der Waals surface area contributed by atoms with Crippen molar-refractivity contribution in [1.29, 1.82) is 0 Å². The number of carbonyl (C=O) groups excluding carboxylic acids is 2. The Kier molecular flexibility index (Phi) is 68.9. The molecular formula is C74H145NO5. The molecule has 0 aromatic carbocycles. The zero-order valence-electron chi connectivity index (χ0n) is 54.6. The lowest BCUT2D eigenvalue weighted by molar-refractivity contribution is -0.143. The number of allylic oxidation sites excluding steroid dienone is 2. The van der Waals surface area contributed by atoms with E-state index in [1.165, 1.54) is 353 Å². The summed E-state index contributed by atoms with van der Waals surface area (Å²) in [5.74, 6) is -0.00430. The van der Waals surface area contributed by atoms with Crippen LogP contribution < -0.4 is 5.32 Å². The Morgan fingerprint density at radius 3 is 0.887 bits per heavy atom. The molecule has 0 saturated carbocycles. The second-order valence-corrected chi connectivity index (χ2v) is 25.6. The van der Waals surface area contributed by atoms with Crippen LogP contribution in [0.2, 0.25) is 0 Å². The molecule has 6 nitrogen and oxygen atoms in total. The summed E-state index contributed by atoms with van der Waals surface area (Å²) < 4.78 is 5.50. The van der Waals surface area contributed by atoms with Gasteiger partial charge < -0.3 is 20.3 Å². The molecule has 6 heteroatoms. The lowest BCUT2D eigenvalue weighted by Gasteiger charge is -2.22. The predicted molar refractivity (Wildman–Crippen MR) is 352 cm³/mol. The Labute approximate surface area is 501 Å². The molecule has 2 atom stereocenters. The monoisotopic (exact) mass is 1130 g/mol. The van der Waals surface area contributed by atoms with Gasteiger partial charge in [0.2, 0.25) is 5.91 Å². The van der Waals surface area contributed by atoms with Gasteiger partial charge in [0.1, 0.15) is 0 Å². The second-order valence-electron chi connectivity index (χ2n) is 25.6. The van der Waals surface area contributed by atoms with Crippen molar-refractivity contribution in [3.05, 3.63) is 12.2 Å². The number of carbonyl (C=O) groups is 2. The highest BCUT2D eigenvalue weighted by molar-refractivity contribution is 5.76. The largest absolute Gasteiger partial charge is 0.466 e. The van der Waals surface area contributed by atoms with Crippen LogP contribution in [0.1, 0.15) is 425 Å². The van der Waals surface area contributed by atoms with Crippen molar-refractivity contribution in [3.8, 4) is 0 Å². The van der Waals surface area contributed by atoms with Crippen LogP contribution in [0.4, 0.5) is 0 Å². The topological polar surface area (TPSA) is 95.9 Å². The van der Waals surface area contributed by atoms with Crippen molar-refractivity contribution in [1.82, 2.24) is 5.32 Å². The molecule has 1 amide bonds. The van der Waals surface area contributed by atoms with Crippen molar-refractivity contribution in [2.24, 2.45) is 0 Å². The Morgan fingerprint density at radius 2 is 0.588 bits per heavy atom. The van der Waals surface area contributed by atoms with Gasteiger partial charge in [-0.05, 0) is 51.4 Å². The zero-order valence-corrected chi connectivity index (χ0v) is 54.6. The third-order valence-electron chi connectivity index (χ3n) is 17.6. The van der Waals surface area contributed by atoms with Crippen LogP contribution in [0.3, 0.4) is 0 Å². The Balaban J connectivity index is 3.30. The minimum absolute atomic E-state index is 0.0246. The van der Waals surface area contributed by atoms with E-state index in [0.29, 0.717) is 25.9 Å². The third-order valence-corrected chi connectivity index (χ3v) is 17.6. The summed E-state index contributed by atoms with van der Waals surface area (Å²) in [6.07, 6.45) is 87.2. The fourth-order valence-corrected chi connectivity index (χ4v) is 11.9. The first-order valence-corrected chi connectivity index (χ1v) is 36.9. The highest BCUT2D eigenvalue weighted by atomic mass is 16.5. The first-order chi connectivity index (χ1) is 39.5. The van der Waals surface area contributed by atoms with Gasteiger partial charge >= 0.3 is 5.97 Å². The molecule has 476 valence electrons. The molecule has 0 spiro atoms. The maximum absolute atomic E-state index is 12.5. The number of unbranched alkanes of at least 4 members (excludes halogenated alkanes) is 57. The Morgan fingerprint density at radius 1 is 0.338 bits per heavy atom. The Bertz CT molecular complexity index is 1210. The molecule has 0 radical (unpaired) electrons. The number of ether oxygens (including phenoxy) is 1. The van der Waals surface area contributed by atoms with E-state index in [2.05, 4.69) is 31.3 Å². The normalized spacial score (nSPS) is 12.5. The lowest BCUT2D eigenvalue weighted by atomic mass is 10.0. The standard InChI is InChI=1S/C74H145NO5/c1-3-5-7-9-11-13-15-17-44-48-52-56-60-64-68-74(79)80-69-65-61-57-53-49-45-42-40-38-36-34-32-30-28-26-24-22-20-18-19-21-23-25-27-29-31-33-35-37-39-41-43-47-51-55-59-63-67-73(78)75-71(70-76)72(77)66-62-58-54-50-46-16-14-12-10-8-6-4-2/h18,20,71-72,76-77H,3-17,19,21-70H2,1-2H3,(H,75,78)/b20-18-. The second kappa shape index (κ2) is 70.1. The van der Waals surface area contributed by atoms with Crippen molar-refractivity contribution >= 4 is 11.9 Å². The molecule has 0 heterocycles. The zero-order chi connectivity index (χ0) is 57.8. The van der Waals surface area contributed by atoms with E-state index in [0.717, 1.165) is 38.5 Å². The van der Waals surface area contributed by atoms with Gasteiger partial charge in [-0.25, -0.2) is 0 Å². The lowest BCUT2D eigenvalue weighted by Crippen LogP contribution is -2.45. The molecule has 0 aromatic rings. The highest BCUT2D eigenvalue weighted by Gasteiger charge is 2.20. The van der Waals surface area contributed by atoms with Crippen molar-refractivity contribution < 1.29 is 24.5 Å². The number of hydrogen-bond donors (Lipinski definition) is 3. The van der Waals surface area contributed by atoms with Crippen LogP contribution in [-0.2, 0) is 14.3 Å². The molecular weight excluding hydrogens is 983 g/mol. The van der Waals surface area contributed by atoms with Gasteiger partial charge in [-0.15, -0.1) is 0 Å². The third kappa shape index (κ3) is 65.7. The summed E-state index contributed by atoms with van der Waals surface area (Å²) in [5, 5.41) is 23.3. The molecule has 0 rings (SSSR count). The summed E-state index contributed by atoms with van der Waals surface area (Å²) in [6, 6.07) is -0.536. The number of aliphatic hydroxyl groups excluding tert-OH is 2. The molecule has 0 bridgehead atoms. The molecule has 2 unspecified atom stereocenters. The van der Waals surface area contributed by atoms with E-state index in [1.54, 1.807) is 0 Å². The first-order valence-electron chi connectivity index (χ1n) is 36.9. The molecule has 3 N–H and O–H groups in total. The number of nitrogens with one attached hydrogen (secondary N) is 1. The maximum Gasteiger partial charge on any atom is 0.305 e. The van der Waals surface area contributed by atoms with Crippen LogP contribution in [-0.4, -0.2) is 47.4 Å². The van der Waals surface area contributed by atoms with Crippen LogP contribution in [0.5, 0.6) is 0 Å². The number of amides is 1. The van der Waals surface area contributed by atoms with Crippen LogP contribution in [0, 0.1) is 0 Å². The quantitative estimate of drug-likeness (QED) is 0.0320. The van der Waals surface area contributed by atoms with Crippen molar-refractivity contribution in [3.63, 3.8) is 0 Å². The van der Waals surface area contributed by atoms with Gasteiger partial charge in [0.25, 0.3) is 0 Å². The van der Waals surface area contributed by atoms with Crippen molar-refractivity contribution in [2.45, 2.75) is 437 Å². The summed E-state index contributed by atoms with van der Waals surface area (Å²) in [6.45, 7) is 4.99. The number of aliphatic hydroxyl groups is 2. The fourth-order valence-electron chi connectivity index (χ4n) is 11.9. The Hall–Kier alpha value is -1.40. The van der Waals surface area contributed by atoms with E-state index in [-0.39, 0.29) is 18.5 Å². The summed E-state index contributed by atoms with van der Waals surface area (Å²) in [4.78, 5) is 24.5. The molecule has 0 fully saturated rings. The summed E-state index contributed by atoms with van der Waals surface area (Å²) in [5.41, 5.74) is 0. The molecule has 80 heavy (non-hydrogen) atoms. The van der Waals surface area contributed by atoms with Gasteiger partial charge in [0.15, 0.2) is 0 Å². The molecule has 0 aliphatic carbocycles. The fraction of sp³-hybridized carbons (Fsp3) is 0.946. The number of hydrogen-bond acceptors (Lipinski definition) is 5. The molecule has 0 saturated heterocycles. The van der Waals surface area contributed by atoms with Gasteiger partial charge in [0.05, 0.1) is 25.4 Å². The average molecular weight is 1130 g/mol. The molecule has 0 aromatic heterocycles. The number of esters is 1. The summed E-state index contributed by atoms with van der Waals surface area (Å²) in [7, 11) is 0. The van der Waals surface area contributed by atoms with Gasteiger partial charge in [0, 0.05) is 12.8 Å². The van der Waals surface area contributed by atoms with Gasteiger partial charge in [-0.1, -0.05) is 373 Å². The van der Waals surface area contributed by atoms with Crippen LogP contribution in [0.15, 0.2) is 12.2 Å². The predicted octanol–water partition coefficient (Wildman–Crippen LogP) is 23.9. The SMILES string of the molecule is CCCCCCCCCCCCCCCCC(=O)OCCCCCCCCCCCCCCCCCC/C=C\CCCCCCCCCCCCCCCCCCCC(=O)NC(CO)C(O)CCCCCCCCCCCCCC. The van der Waals surface area contributed by atoms with E-state index in [1.807, 2.05) is 0 Å². The first kappa shape index (κ1) is 78.6. The molecule has 0 aliphatic heterocycles. The molecule has 0 aliphatic rings. The highest BCUT2D eigenvalue weighted by Crippen LogP contribution is 2.19. The maximum atomic E-state index is 12.5. The van der Waals surface area contributed by atoms with E-state index in [9.17, 15) is 19.8 Å². The van der Waals surface area contributed by atoms with Gasteiger partial charge in [-0.2, -0.15) is 0 Å². The summed E-state index contributed by atoms with van der Waals surface area (Å²) >= 11 is 0. The van der Waals surface area contributed by atoms with Gasteiger partial charge in [-0.3, -0.25) is 9.59 Å². The smallest absolute Gasteiger partial charge is 0.305 e. The van der Waals surface area contributed by atoms with Crippen LogP contribution in [0.25, 0.3) is 0 Å². The minimum atomic E-state index is -0.659.